The Morgan fingerprint density at radius 2 is 1.95 bits per heavy atom. The van der Waals surface area contributed by atoms with E-state index in [1.807, 2.05) is 6.20 Å². The lowest BCUT2D eigenvalue weighted by Gasteiger charge is -2.37. The first-order chi connectivity index (χ1) is 9.88. The molecule has 1 saturated carbocycles. The first kappa shape index (κ1) is 12.3. The van der Waals surface area contributed by atoms with Crippen molar-refractivity contribution in [3.05, 3.63) is 30.7 Å². The summed E-state index contributed by atoms with van der Waals surface area (Å²) >= 11 is 0. The highest BCUT2D eigenvalue weighted by Crippen LogP contribution is 2.43. The number of anilines is 1. The zero-order valence-electron chi connectivity index (χ0n) is 11.9. The fraction of sp³-hybridized carbons (Fsp3) is 0.625. The molecule has 2 heterocycles. The predicted molar refractivity (Wildman–Crippen MR) is 79.5 cm³/mol. The van der Waals surface area contributed by atoms with Crippen molar-refractivity contribution in [1.82, 2.24) is 14.9 Å². The Hall–Kier alpha value is -1.42. The fourth-order valence-electron chi connectivity index (χ4n) is 4.05. The lowest BCUT2D eigenvalue weighted by molar-refractivity contribution is 0.204. The molecule has 106 valence electrons. The lowest BCUT2D eigenvalue weighted by atomic mass is 9.93. The van der Waals surface area contributed by atoms with E-state index in [9.17, 15) is 0 Å². The Bertz CT molecular complexity index is 479. The maximum Gasteiger partial charge on any atom is 0.147 e. The van der Waals surface area contributed by atoms with E-state index in [-0.39, 0.29) is 0 Å². The van der Waals surface area contributed by atoms with Crippen molar-refractivity contribution in [2.75, 3.05) is 37.6 Å². The van der Waals surface area contributed by atoms with Crippen molar-refractivity contribution in [3.63, 3.8) is 0 Å². The number of piperazine rings is 1. The number of allylic oxidation sites excluding steroid dienone is 2. The molecular weight excluding hydrogens is 248 g/mol. The molecule has 20 heavy (non-hydrogen) atoms. The van der Waals surface area contributed by atoms with Crippen LogP contribution in [0.25, 0.3) is 0 Å². The van der Waals surface area contributed by atoms with Crippen molar-refractivity contribution in [3.8, 4) is 0 Å². The molecule has 4 heteroatoms. The van der Waals surface area contributed by atoms with Gasteiger partial charge in [0, 0.05) is 45.1 Å². The maximum atomic E-state index is 4.40. The van der Waals surface area contributed by atoms with Crippen molar-refractivity contribution < 1.29 is 0 Å². The monoisotopic (exact) mass is 270 g/mol. The standard InChI is InChI=1S/C16H22N4/c1-2-14-9-13(1)10-15(14)12-19-5-7-20(8-6-19)16-11-17-3-4-18-16/h1-4,11,13-15H,5-10,12H2/t13-,14-,15+/m0/s1. The Labute approximate surface area is 120 Å². The maximum absolute atomic E-state index is 4.40. The Morgan fingerprint density at radius 3 is 2.60 bits per heavy atom. The van der Waals surface area contributed by atoms with Crippen LogP contribution in [-0.2, 0) is 0 Å². The van der Waals surface area contributed by atoms with Gasteiger partial charge in [0.05, 0.1) is 6.20 Å². The van der Waals surface area contributed by atoms with Gasteiger partial charge in [-0.1, -0.05) is 12.2 Å². The molecule has 3 atom stereocenters. The van der Waals surface area contributed by atoms with Crippen molar-refractivity contribution >= 4 is 5.82 Å². The molecule has 2 bridgehead atoms. The number of rotatable bonds is 3. The quantitative estimate of drug-likeness (QED) is 0.784. The lowest BCUT2D eigenvalue weighted by Crippen LogP contribution is -2.48. The third-order valence-electron chi connectivity index (χ3n) is 5.15. The molecule has 1 aromatic heterocycles. The minimum absolute atomic E-state index is 0.873. The van der Waals surface area contributed by atoms with Gasteiger partial charge in [-0.05, 0) is 30.6 Å². The summed E-state index contributed by atoms with van der Waals surface area (Å²) < 4.78 is 0. The summed E-state index contributed by atoms with van der Waals surface area (Å²) in [6.45, 7) is 5.77. The third kappa shape index (κ3) is 2.33. The second kappa shape index (κ2) is 5.17. The van der Waals surface area contributed by atoms with E-state index in [2.05, 4.69) is 31.9 Å². The number of hydrogen-bond acceptors (Lipinski definition) is 4. The molecule has 2 aliphatic carbocycles. The number of nitrogens with zero attached hydrogens (tertiary/aromatic N) is 4. The fourth-order valence-corrected chi connectivity index (χ4v) is 4.05. The molecule has 0 radical (unpaired) electrons. The van der Waals surface area contributed by atoms with E-state index in [1.165, 1.54) is 19.4 Å². The van der Waals surface area contributed by atoms with Crippen molar-refractivity contribution in [1.29, 1.82) is 0 Å². The summed E-state index contributed by atoms with van der Waals surface area (Å²) in [7, 11) is 0. The van der Waals surface area contributed by atoms with Crippen molar-refractivity contribution in [2.24, 2.45) is 17.8 Å². The third-order valence-corrected chi connectivity index (χ3v) is 5.15. The van der Waals surface area contributed by atoms with E-state index in [0.29, 0.717) is 0 Å². The van der Waals surface area contributed by atoms with Crippen LogP contribution < -0.4 is 4.90 Å². The van der Waals surface area contributed by atoms with E-state index < -0.39 is 0 Å². The largest absolute Gasteiger partial charge is 0.353 e. The van der Waals surface area contributed by atoms with Gasteiger partial charge >= 0.3 is 0 Å². The van der Waals surface area contributed by atoms with Gasteiger partial charge in [-0.25, -0.2) is 4.98 Å². The minimum Gasteiger partial charge on any atom is -0.353 e. The summed E-state index contributed by atoms with van der Waals surface area (Å²) in [5.41, 5.74) is 0. The van der Waals surface area contributed by atoms with Crippen LogP contribution in [0.2, 0.25) is 0 Å². The SMILES string of the molecule is C1=C[C@H]2C[C@H]1C[C@@H]2CN1CCN(c2cnccn2)CC1. The molecule has 0 unspecified atom stereocenters. The van der Waals surface area contributed by atoms with Gasteiger partial charge in [-0.2, -0.15) is 0 Å². The van der Waals surface area contributed by atoms with Gasteiger partial charge < -0.3 is 4.90 Å². The molecule has 2 fully saturated rings. The highest BCUT2D eigenvalue weighted by atomic mass is 15.3. The van der Waals surface area contributed by atoms with Gasteiger partial charge in [-0.15, -0.1) is 0 Å². The normalized spacial score (nSPS) is 33.0. The number of aromatic nitrogens is 2. The Morgan fingerprint density at radius 1 is 1.05 bits per heavy atom. The van der Waals surface area contributed by atoms with Gasteiger partial charge in [0.25, 0.3) is 0 Å². The highest BCUT2D eigenvalue weighted by molar-refractivity contribution is 5.35. The molecule has 0 amide bonds. The van der Waals surface area contributed by atoms with Gasteiger partial charge in [0.2, 0.25) is 0 Å². The zero-order chi connectivity index (χ0) is 13.4. The summed E-state index contributed by atoms with van der Waals surface area (Å²) in [6, 6.07) is 0. The average molecular weight is 270 g/mol. The van der Waals surface area contributed by atoms with E-state index in [4.69, 9.17) is 0 Å². The van der Waals surface area contributed by atoms with E-state index in [1.54, 1.807) is 12.4 Å². The Balaban J connectivity index is 1.31. The van der Waals surface area contributed by atoms with Crippen LogP contribution in [-0.4, -0.2) is 47.6 Å². The van der Waals surface area contributed by atoms with Crippen LogP contribution in [0.5, 0.6) is 0 Å². The first-order valence-electron chi connectivity index (χ1n) is 7.80. The molecule has 4 nitrogen and oxygen atoms in total. The van der Waals surface area contributed by atoms with E-state index in [0.717, 1.165) is 49.8 Å². The summed E-state index contributed by atoms with van der Waals surface area (Å²) in [5, 5.41) is 0. The van der Waals surface area contributed by atoms with Crippen LogP contribution in [0.4, 0.5) is 5.82 Å². The zero-order valence-corrected chi connectivity index (χ0v) is 11.9. The molecule has 1 aromatic rings. The summed E-state index contributed by atoms with van der Waals surface area (Å²) in [4.78, 5) is 13.6. The molecule has 3 aliphatic rings. The van der Waals surface area contributed by atoms with Gasteiger partial charge in [0.1, 0.15) is 5.82 Å². The average Bonchev–Trinajstić information content (AvgIpc) is 3.12. The van der Waals surface area contributed by atoms with Crippen LogP contribution in [0.3, 0.4) is 0 Å². The second-order valence-electron chi connectivity index (χ2n) is 6.39. The smallest absolute Gasteiger partial charge is 0.147 e. The van der Waals surface area contributed by atoms with Crippen LogP contribution in [0.15, 0.2) is 30.7 Å². The molecule has 1 aliphatic heterocycles. The molecule has 0 spiro atoms. The molecule has 4 rings (SSSR count). The molecular formula is C16H22N4. The second-order valence-corrected chi connectivity index (χ2v) is 6.39. The molecule has 0 aromatic carbocycles. The topological polar surface area (TPSA) is 32.3 Å². The molecule has 0 N–H and O–H groups in total. The van der Waals surface area contributed by atoms with Crippen LogP contribution >= 0.6 is 0 Å². The first-order valence-corrected chi connectivity index (χ1v) is 7.80. The van der Waals surface area contributed by atoms with Crippen LogP contribution in [0, 0.1) is 17.8 Å². The summed E-state index contributed by atoms with van der Waals surface area (Å²) in [6.07, 6.45) is 13.1. The van der Waals surface area contributed by atoms with E-state index >= 15 is 0 Å². The summed E-state index contributed by atoms with van der Waals surface area (Å²) in [5.74, 6) is 3.70. The minimum atomic E-state index is 0.873. The highest BCUT2D eigenvalue weighted by Gasteiger charge is 2.36. The van der Waals surface area contributed by atoms with Crippen LogP contribution in [0.1, 0.15) is 12.8 Å². The predicted octanol–water partition coefficient (Wildman–Crippen LogP) is 1.81. The van der Waals surface area contributed by atoms with Gasteiger partial charge in [0.15, 0.2) is 0 Å². The number of hydrogen-bond donors (Lipinski definition) is 0. The number of fused-ring (bicyclic) bond motifs is 2. The molecule has 1 saturated heterocycles. The Kier molecular flexibility index (Phi) is 3.19. The van der Waals surface area contributed by atoms with Crippen molar-refractivity contribution in [2.45, 2.75) is 12.8 Å². The van der Waals surface area contributed by atoms with Gasteiger partial charge in [-0.3, -0.25) is 9.88 Å².